The lowest BCUT2D eigenvalue weighted by Gasteiger charge is -2.11. The van der Waals surface area contributed by atoms with Gasteiger partial charge in [-0.2, -0.15) is 5.26 Å². The summed E-state index contributed by atoms with van der Waals surface area (Å²) in [7, 11) is -3.32. The molecule has 2 heterocycles. The Balaban J connectivity index is 1.98. The van der Waals surface area contributed by atoms with Crippen LogP contribution >= 0.6 is 0 Å². The van der Waals surface area contributed by atoms with Gasteiger partial charge in [0.1, 0.15) is 18.0 Å². The first kappa shape index (κ1) is 19.9. The molecule has 0 aliphatic carbocycles. The first-order valence-corrected chi connectivity index (χ1v) is 11.3. The van der Waals surface area contributed by atoms with E-state index in [1.54, 1.807) is 31.3 Å². The highest BCUT2D eigenvalue weighted by molar-refractivity contribution is 7.91. The zero-order chi connectivity index (χ0) is 21.3. The van der Waals surface area contributed by atoms with Gasteiger partial charge in [0.25, 0.3) is 0 Å². The molecule has 152 valence electrons. The molecule has 0 unspecified atom stereocenters. The molecule has 0 amide bonds. The van der Waals surface area contributed by atoms with E-state index in [9.17, 15) is 8.42 Å². The van der Waals surface area contributed by atoms with Crippen molar-refractivity contribution < 1.29 is 13.2 Å². The number of aromatic amines is 1. The van der Waals surface area contributed by atoms with Crippen molar-refractivity contribution in [1.29, 1.82) is 5.26 Å². The number of hydrogen-bond donors (Lipinski definition) is 1. The number of aromatic nitrogens is 2. The Morgan fingerprint density at radius 3 is 2.80 bits per heavy atom. The fourth-order valence-corrected chi connectivity index (χ4v) is 4.48. The monoisotopic (exact) mass is 419 g/mol. The maximum Gasteiger partial charge on any atom is 0.178 e. The first-order valence-electron chi connectivity index (χ1n) is 9.68. The van der Waals surface area contributed by atoms with Crippen molar-refractivity contribution in [2.45, 2.75) is 25.2 Å². The van der Waals surface area contributed by atoms with Gasteiger partial charge in [-0.1, -0.05) is 19.1 Å². The van der Waals surface area contributed by atoms with Crippen LogP contribution in [0.5, 0.6) is 5.75 Å². The Hall–Kier alpha value is -3.37. The average Bonchev–Trinajstić information content (AvgIpc) is 3.13. The van der Waals surface area contributed by atoms with Crippen LogP contribution in [0.4, 0.5) is 0 Å². The highest BCUT2D eigenvalue weighted by Gasteiger charge is 2.18. The molecule has 0 spiro atoms. The molecule has 2 aromatic carbocycles. The molecule has 4 rings (SSSR count). The second-order valence-electron chi connectivity index (χ2n) is 7.08. The molecule has 2 aromatic heterocycles. The zero-order valence-corrected chi connectivity index (χ0v) is 17.6. The Morgan fingerprint density at radius 1 is 1.20 bits per heavy atom. The van der Waals surface area contributed by atoms with Gasteiger partial charge >= 0.3 is 0 Å². The van der Waals surface area contributed by atoms with Gasteiger partial charge in [-0.3, -0.25) is 0 Å². The Morgan fingerprint density at radius 2 is 2.03 bits per heavy atom. The quantitative estimate of drug-likeness (QED) is 0.454. The Labute approximate surface area is 175 Å². The number of fused-ring (bicyclic) bond motifs is 3. The highest BCUT2D eigenvalue weighted by atomic mass is 32.2. The Bertz CT molecular complexity index is 1400. The summed E-state index contributed by atoms with van der Waals surface area (Å²) >= 11 is 0. The molecule has 6 nitrogen and oxygen atoms in total. The van der Waals surface area contributed by atoms with Gasteiger partial charge < -0.3 is 9.72 Å². The normalized spacial score (nSPS) is 11.6. The van der Waals surface area contributed by atoms with Gasteiger partial charge in [0, 0.05) is 17.0 Å². The van der Waals surface area contributed by atoms with E-state index in [-0.39, 0.29) is 18.8 Å². The number of aryl methyl sites for hydroxylation is 1. The number of ether oxygens (including phenoxy) is 1. The number of benzene rings is 2. The summed E-state index contributed by atoms with van der Waals surface area (Å²) in [5.41, 5.74) is 4.23. The van der Waals surface area contributed by atoms with Gasteiger partial charge in [0.05, 0.1) is 28.7 Å². The lowest BCUT2D eigenvalue weighted by molar-refractivity contribution is 0.330. The van der Waals surface area contributed by atoms with E-state index in [2.05, 4.69) is 22.1 Å². The number of hydrogen-bond acceptors (Lipinski definition) is 5. The average molecular weight is 420 g/mol. The Kier molecular flexibility index (Phi) is 5.18. The second kappa shape index (κ2) is 7.81. The fraction of sp³-hybridized carbons (Fsp3) is 0.217. The van der Waals surface area contributed by atoms with Crippen molar-refractivity contribution in [2.75, 3.05) is 12.4 Å². The van der Waals surface area contributed by atoms with Crippen LogP contribution in [0.2, 0.25) is 0 Å². The molecule has 4 aromatic rings. The number of nitrogens with one attached hydrogen (secondary N) is 1. The molecule has 0 saturated carbocycles. The van der Waals surface area contributed by atoms with E-state index < -0.39 is 9.84 Å². The van der Waals surface area contributed by atoms with Crippen LogP contribution in [-0.4, -0.2) is 30.7 Å². The summed E-state index contributed by atoms with van der Waals surface area (Å²) in [6.07, 6.45) is 2.08. The number of pyridine rings is 1. The molecular weight excluding hydrogens is 398 g/mol. The topological polar surface area (TPSA) is 95.8 Å². The number of nitrogens with zero attached hydrogens (tertiary/aromatic N) is 2. The summed E-state index contributed by atoms with van der Waals surface area (Å²) in [6.45, 7) is 3.91. The molecule has 0 saturated heterocycles. The largest absolute Gasteiger partial charge is 0.490 e. The third-order valence-electron chi connectivity index (χ3n) is 5.06. The minimum Gasteiger partial charge on any atom is -0.490 e. The lowest BCUT2D eigenvalue weighted by Crippen LogP contribution is -2.03. The smallest absolute Gasteiger partial charge is 0.178 e. The molecule has 30 heavy (non-hydrogen) atoms. The minimum atomic E-state index is -3.32. The number of nitriles is 1. The van der Waals surface area contributed by atoms with E-state index in [1.165, 1.54) is 0 Å². The molecule has 0 aliphatic rings. The van der Waals surface area contributed by atoms with Crippen LogP contribution in [0.25, 0.3) is 33.1 Å². The molecule has 0 aliphatic heterocycles. The van der Waals surface area contributed by atoms with Gasteiger partial charge in [0.2, 0.25) is 0 Å². The van der Waals surface area contributed by atoms with Gasteiger partial charge in [-0.25, -0.2) is 13.4 Å². The first-order chi connectivity index (χ1) is 14.4. The number of sulfone groups is 1. The molecule has 0 bridgehead atoms. The van der Waals surface area contributed by atoms with Crippen LogP contribution in [0.3, 0.4) is 0 Å². The van der Waals surface area contributed by atoms with E-state index in [0.29, 0.717) is 10.6 Å². The molecular formula is C23H21N3O3S. The van der Waals surface area contributed by atoms with Crippen LogP contribution in [0.15, 0.2) is 53.6 Å². The number of rotatable bonds is 6. The minimum absolute atomic E-state index is 0.0493. The zero-order valence-electron chi connectivity index (χ0n) is 16.8. The predicted molar refractivity (Wildman–Crippen MR) is 117 cm³/mol. The highest BCUT2D eigenvalue weighted by Crippen LogP contribution is 2.39. The predicted octanol–water partition coefficient (Wildman–Crippen LogP) is 4.78. The van der Waals surface area contributed by atoms with Crippen molar-refractivity contribution in [1.82, 2.24) is 9.97 Å². The maximum atomic E-state index is 12.4. The molecule has 1 N–H and O–H groups in total. The molecule has 0 fully saturated rings. The van der Waals surface area contributed by atoms with Crippen LogP contribution in [-0.2, 0) is 9.84 Å². The van der Waals surface area contributed by atoms with Gasteiger partial charge in [-0.05, 0) is 53.9 Å². The van der Waals surface area contributed by atoms with Crippen molar-refractivity contribution in [2.24, 2.45) is 0 Å². The van der Waals surface area contributed by atoms with Crippen molar-refractivity contribution >= 4 is 31.8 Å². The van der Waals surface area contributed by atoms with Crippen LogP contribution in [0.1, 0.15) is 18.9 Å². The molecule has 0 atom stereocenters. The van der Waals surface area contributed by atoms with Gasteiger partial charge in [-0.15, -0.1) is 0 Å². The SMILES string of the molecule is CCS(=O)(=O)c1cccc(-c2ccc(OCCC#N)c3[nH]c4ncc(C)cc4c23)c1. The van der Waals surface area contributed by atoms with Crippen molar-refractivity contribution in [3.8, 4) is 22.9 Å². The van der Waals surface area contributed by atoms with E-state index >= 15 is 0 Å². The van der Waals surface area contributed by atoms with E-state index in [1.807, 2.05) is 25.1 Å². The molecule has 7 heteroatoms. The summed E-state index contributed by atoms with van der Waals surface area (Å²) in [6, 6.07) is 14.9. The second-order valence-corrected chi connectivity index (χ2v) is 9.36. The molecule has 0 radical (unpaired) electrons. The summed E-state index contributed by atoms with van der Waals surface area (Å²) in [5.74, 6) is 0.685. The number of H-pyrrole nitrogens is 1. The standard InChI is InChI=1S/C23H21N3O3S/c1-3-30(27,28)17-7-4-6-16(13-17)18-8-9-20(29-11-5-10-24)22-21(18)19-12-15(2)14-25-23(19)26-22/h4,6-9,12-14H,3,5,11H2,1-2H3,(H,25,26). The van der Waals surface area contributed by atoms with Crippen LogP contribution in [0, 0.1) is 18.3 Å². The van der Waals surface area contributed by atoms with Crippen molar-refractivity contribution in [3.63, 3.8) is 0 Å². The third-order valence-corrected chi connectivity index (χ3v) is 6.79. The van der Waals surface area contributed by atoms with Gasteiger partial charge in [0.15, 0.2) is 9.84 Å². The van der Waals surface area contributed by atoms with E-state index in [4.69, 9.17) is 10.00 Å². The summed E-state index contributed by atoms with van der Waals surface area (Å²) in [4.78, 5) is 8.14. The fourth-order valence-electron chi connectivity index (χ4n) is 3.56. The lowest BCUT2D eigenvalue weighted by atomic mass is 9.99. The van der Waals surface area contributed by atoms with Crippen molar-refractivity contribution in [3.05, 3.63) is 54.2 Å². The maximum absolute atomic E-state index is 12.4. The summed E-state index contributed by atoms with van der Waals surface area (Å²) < 4.78 is 30.6. The third kappa shape index (κ3) is 3.51. The van der Waals surface area contributed by atoms with E-state index in [0.717, 1.165) is 38.6 Å². The van der Waals surface area contributed by atoms with Crippen LogP contribution < -0.4 is 4.74 Å². The summed E-state index contributed by atoms with van der Waals surface area (Å²) in [5, 5.41) is 10.7.